The van der Waals surface area contributed by atoms with Crippen LogP contribution in [0, 0.1) is 0 Å². The van der Waals surface area contributed by atoms with Gasteiger partial charge in [0.25, 0.3) is 5.91 Å². The van der Waals surface area contributed by atoms with E-state index in [1.807, 2.05) is 0 Å². The van der Waals surface area contributed by atoms with Gasteiger partial charge in [-0.3, -0.25) is 4.79 Å². The van der Waals surface area contributed by atoms with E-state index in [-0.39, 0.29) is 23.9 Å². The number of rotatable bonds is 4. The standard InChI is InChI=1S/C19H18BrN5O3S/c20-17-3-1-2-4-18(17)29(27,28)24-11-9-23(10-12-24)19(26)15-5-7-16(8-6-15)25-14-21-13-22-25/h1-8,13-14H,9-12H2. The monoisotopic (exact) mass is 475 g/mol. The van der Waals surface area contributed by atoms with Crippen molar-refractivity contribution in [2.45, 2.75) is 4.90 Å². The summed E-state index contributed by atoms with van der Waals surface area (Å²) < 4.78 is 29.3. The SMILES string of the molecule is O=C(c1ccc(-n2cncn2)cc1)N1CCN(S(=O)(=O)c2ccccc2Br)CC1. The Hall–Kier alpha value is -2.56. The van der Waals surface area contributed by atoms with Gasteiger partial charge in [0.05, 0.1) is 10.6 Å². The molecule has 0 unspecified atom stereocenters. The maximum absolute atomic E-state index is 12.9. The van der Waals surface area contributed by atoms with E-state index in [4.69, 9.17) is 0 Å². The molecule has 10 heteroatoms. The Bertz CT molecular complexity index is 1110. The molecule has 0 saturated carbocycles. The molecule has 1 aliphatic heterocycles. The number of hydrogen-bond donors (Lipinski definition) is 0. The van der Waals surface area contributed by atoms with Crippen LogP contribution in [0.3, 0.4) is 0 Å². The molecule has 1 fully saturated rings. The van der Waals surface area contributed by atoms with Crippen LogP contribution in [0.15, 0.2) is 70.6 Å². The Labute approximate surface area is 177 Å². The van der Waals surface area contributed by atoms with Gasteiger partial charge >= 0.3 is 0 Å². The molecule has 2 heterocycles. The van der Waals surface area contributed by atoms with Crippen molar-refractivity contribution in [3.8, 4) is 5.69 Å². The lowest BCUT2D eigenvalue weighted by molar-refractivity contribution is 0.0698. The third kappa shape index (κ3) is 3.96. The zero-order valence-corrected chi connectivity index (χ0v) is 17.8. The number of amides is 1. The first-order chi connectivity index (χ1) is 14.0. The lowest BCUT2D eigenvalue weighted by atomic mass is 10.1. The van der Waals surface area contributed by atoms with Crippen LogP contribution >= 0.6 is 15.9 Å². The van der Waals surface area contributed by atoms with Crippen molar-refractivity contribution in [2.75, 3.05) is 26.2 Å². The highest BCUT2D eigenvalue weighted by atomic mass is 79.9. The summed E-state index contributed by atoms with van der Waals surface area (Å²) in [6, 6.07) is 13.8. The summed E-state index contributed by atoms with van der Waals surface area (Å²) in [6.07, 6.45) is 3.03. The highest BCUT2D eigenvalue weighted by Crippen LogP contribution is 2.25. The van der Waals surface area contributed by atoms with Gasteiger partial charge in [0.15, 0.2) is 0 Å². The molecule has 0 N–H and O–H groups in total. The van der Waals surface area contributed by atoms with Gasteiger partial charge in [0, 0.05) is 36.2 Å². The van der Waals surface area contributed by atoms with E-state index in [0.29, 0.717) is 23.1 Å². The molecule has 0 radical (unpaired) electrons. The number of carbonyl (C=O) groups is 1. The summed E-state index contributed by atoms with van der Waals surface area (Å²) >= 11 is 3.30. The molecule has 2 aromatic carbocycles. The van der Waals surface area contributed by atoms with E-state index in [0.717, 1.165) is 5.69 Å². The van der Waals surface area contributed by atoms with Crippen LogP contribution < -0.4 is 0 Å². The summed E-state index contributed by atoms with van der Waals surface area (Å²) in [4.78, 5) is 18.6. The third-order valence-corrected chi connectivity index (χ3v) is 7.69. The fourth-order valence-corrected chi connectivity index (χ4v) is 5.59. The van der Waals surface area contributed by atoms with Crippen LogP contribution in [-0.4, -0.2) is 64.5 Å². The van der Waals surface area contributed by atoms with Gasteiger partial charge in [-0.15, -0.1) is 0 Å². The van der Waals surface area contributed by atoms with E-state index in [1.165, 1.54) is 10.6 Å². The minimum absolute atomic E-state index is 0.118. The maximum atomic E-state index is 12.9. The topological polar surface area (TPSA) is 88.4 Å². The fourth-order valence-electron chi connectivity index (χ4n) is 3.21. The second-order valence-corrected chi connectivity index (χ2v) is 9.27. The molecule has 1 aromatic heterocycles. The number of halogens is 1. The predicted octanol–water partition coefficient (Wildman–Crippen LogP) is 2.18. The molecule has 1 aliphatic rings. The first-order valence-electron chi connectivity index (χ1n) is 8.96. The first-order valence-corrected chi connectivity index (χ1v) is 11.2. The van der Waals surface area contributed by atoms with Crippen LogP contribution in [0.25, 0.3) is 5.69 Å². The Balaban J connectivity index is 1.43. The number of benzene rings is 2. The number of sulfonamides is 1. The van der Waals surface area contributed by atoms with Gasteiger partial charge in [0.2, 0.25) is 10.0 Å². The van der Waals surface area contributed by atoms with E-state index in [1.54, 1.807) is 64.4 Å². The van der Waals surface area contributed by atoms with Crippen LogP contribution in [0.2, 0.25) is 0 Å². The molecule has 0 atom stereocenters. The van der Waals surface area contributed by atoms with E-state index in [9.17, 15) is 13.2 Å². The molecular formula is C19H18BrN5O3S. The zero-order valence-electron chi connectivity index (χ0n) is 15.3. The predicted molar refractivity (Wildman–Crippen MR) is 110 cm³/mol. The molecule has 1 saturated heterocycles. The molecule has 1 amide bonds. The van der Waals surface area contributed by atoms with Crippen molar-refractivity contribution in [3.05, 3.63) is 71.2 Å². The van der Waals surface area contributed by atoms with Crippen molar-refractivity contribution in [2.24, 2.45) is 0 Å². The van der Waals surface area contributed by atoms with Crippen molar-refractivity contribution in [1.29, 1.82) is 0 Å². The lowest BCUT2D eigenvalue weighted by Gasteiger charge is -2.34. The Kier molecular flexibility index (Phi) is 5.48. The number of hydrogen-bond acceptors (Lipinski definition) is 5. The van der Waals surface area contributed by atoms with Gasteiger partial charge in [-0.1, -0.05) is 12.1 Å². The van der Waals surface area contributed by atoms with Crippen LogP contribution in [0.5, 0.6) is 0 Å². The lowest BCUT2D eigenvalue weighted by Crippen LogP contribution is -2.50. The minimum Gasteiger partial charge on any atom is -0.336 e. The molecule has 8 nitrogen and oxygen atoms in total. The van der Waals surface area contributed by atoms with Gasteiger partial charge in [-0.2, -0.15) is 9.40 Å². The average Bonchev–Trinajstić information content (AvgIpc) is 3.28. The van der Waals surface area contributed by atoms with Crippen molar-refractivity contribution >= 4 is 31.9 Å². The highest BCUT2D eigenvalue weighted by molar-refractivity contribution is 9.10. The number of nitrogens with zero attached hydrogens (tertiary/aromatic N) is 5. The Morgan fingerprint density at radius 2 is 1.66 bits per heavy atom. The second-order valence-electron chi connectivity index (χ2n) is 6.51. The van der Waals surface area contributed by atoms with Crippen LogP contribution in [0.1, 0.15) is 10.4 Å². The van der Waals surface area contributed by atoms with Gasteiger partial charge in [0.1, 0.15) is 12.7 Å². The summed E-state index contributed by atoms with van der Waals surface area (Å²) in [5.41, 5.74) is 1.36. The summed E-state index contributed by atoms with van der Waals surface area (Å²) in [5.74, 6) is -0.118. The van der Waals surface area contributed by atoms with E-state index in [2.05, 4.69) is 26.0 Å². The molecule has 3 aromatic rings. The van der Waals surface area contributed by atoms with E-state index < -0.39 is 10.0 Å². The summed E-state index contributed by atoms with van der Waals surface area (Å²) in [7, 11) is -3.60. The molecule has 4 rings (SSSR count). The molecule has 0 bridgehead atoms. The third-order valence-electron chi connectivity index (χ3n) is 4.78. The van der Waals surface area contributed by atoms with Gasteiger partial charge in [-0.25, -0.2) is 18.1 Å². The Morgan fingerprint density at radius 3 is 2.28 bits per heavy atom. The summed E-state index contributed by atoms with van der Waals surface area (Å²) in [5, 5.41) is 4.06. The molecule has 150 valence electrons. The largest absolute Gasteiger partial charge is 0.336 e. The van der Waals surface area contributed by atoms with Crippen molar-refractivity contribution in [3.63, 3.8) is 0 Å². The smallest absolute Gasteiger partial charge is 0.253 e. The maximum Gasteiger partial charge on any atom is 0.253 e. The zero-order chi connectivity index (χ0) is 20.4. The van der Waals surface area contributed by atoms with Gasteiger partial charge < -0.3 is 4.90 Å². The normalized spacial score (nSPS) is 15.4. The number of carbonyl (C=O) groups excluding carboxylic acids is 1. The molecule has 29 heavy (non-hydrogen) atoms. The average molecular weight is 476 g/mol. The minimum atomic E-state index is -3.60. The second kappa shape index (κ2) is 8.05. The van der Waals surface area contributed by atoms with E-state index >= 15 is 0 Å². The molecule has 0 aliphatic carbocycles. The van der Waals surface area contributed by atoms with Crippen LogP contribution in [0.4, 0.5) is 0 Å². The van der Waals surface area contributed by atoms with Crippen molar-refractivity contribution < 1.29 is 13.2 Å². The fraction of sp³-hybridized carbons (Fsp3) is 0.211. The summed E-state index contributed by atoms with van der Waals surface area (Å²) in [6.45, 7) is 1.19. The highest BCUT2D eigenvalue weighted by Gasteiger charge is 2.31. The first kappa shape index (κ1) is 19.7. The quantitative estimate of drug-likeness (QED) is 0.576. The van der Waals surface area contributed by atoms with Crippen LogP contribution in [-0.2, 0) is 10.0 Å². The molecule has 0 spiro atoms. The molecular weight excluding hydrogens is 458 g/mol. The van der Waals surface area contributed by atoms with Crippen molar-refractivity contribution in [1.82, 2.24) is 24.0 Å². The number of aromatic nitrogens is 3. The van der Waals surface area contributed by atoms with Gasteiger partial charge in [-0.05, 0) is 52.3 Å². The number of piperazine rings is 1. The Morgan fingerprint density at radius 1 is 0.966 bits per heavy atom.